The largest absolute Gasteiger partial charge is 0.265 e. The molecule has 7 aromatic rings. The molecule has 0 atom stereocenters. The lowest BCUT2D eigenvalue weighted by atomic mass is 9.83. The quantitative estimate of drug-likeness (QED) is 0.219. The number of nitrogens with zero attached hydrogens (tertiary/aromatic N) is 2. The van der Waals surface area contributed by atoms with Gasteiger partial charge in [0, 0.05) is 24.8 Å². The Balaban J connectivity index is 1.48. The van der Waals surface area contributed by atoms with Crippen molar-refractivity contribution in [1.29, 1.82) is 0 Å². The fourth-order valence-electron chi connectivity index (χ4n) is 6.04. The van der Waals surface area contributed by atoms with Gasteiger partial charge in [-0.1, -0.05) is 84.9 Å². The number of pyridine rings is 2. The van der Waals surface area contributed by atoms with Gasteiger partial charge >= 0.3 is 0 Å². The van der Waals surface area contributed by atoms with Crippen molar-refractivity contribution in [2.24, 2.45) is 0 Å². The van der Waals surface area contributed by atoms with E-state index in [0.717, 1.165) is 0 Å². The molecule has 0 unspecified atom stereocenters. The number of fused-ring (bicyclic) bond motifs is 2. The average Bonchev–Trinajstić information content (AvgIpc) is 3.01. The first-order valence-corrected chi connectivity index (χ1v) is 13.7. The second-order valence-electron chi connectivity index (χ2n) is 10.4. The first-order chi connectivity index (χ1) is 19.7. The van der Waals surface area contributed by atoms with Crippen molar-refractivity contribution in [2.45, 2.75) is 13.8 Å². The molecule has 0 aliphatic carbocycles. The van der Waals surface area contributed by atoms with E-state index in [1.54, 1.807) is 0 Å². The number of hydrogen-bond acceptors (Lipinski definition) is 2. The molecule has 0 amide bonds. The van der Waals surface area contributed by atoms with Crippen LogP contribution in [-0.4, -0.2) is 9.97 Å². The molecule has 0 saturated heterocycles. The Morgan fingerprint density at radius 3 is 1.05 bits per heavy atom. The third-order valence-corrected chi connectivity index (χ3v) is 7.95. The molecule has 0 saturated carbocycles. The third-order valence-electron chi connectivity index (χ3n) is 7.95. The highest BCUT2D eigenvalue weighted by molar-refractivity contribution is 6.21. The first kappa shape index (κ1) is 24.0. The van der Waals surface area contributed by atoms with Crippen LogP contribution in [0.5, 0.6) is 0 Å². The third kappa shape index (κ3) is 4.06. The van der Waals surface area contributed by atoms with Gasteiger partial charge in [-0.25, -0.2) is 0 Å². The average molecular weight is 513 g/mol. The van der Waals surface area contributed by atoms with Crippen LogP contribution < -0.4 is 0 Å². The highest BCUT2D eigenvalue weighted by atomic mass is 14.6. The van der Waals surface area contributed by atoms with Crippen LogP contribution in [0, 0.1) is 13.8 Å². The number of aryl methyl sites for hydroxylation is 2. The fourth-order valence-corrected chi connectivity index (χ4v) is 6.04. The van der Waals surface area contributed by atoms with Gasteiger partial charge in [0.05, 0.1) is 0 Å². The van der Waals surface area contributed by atoms with E-state index < -0.39 is 0 Å². The zero-order valence-electron chi connectivity index (χ0n) is 22.6. The smallest absolute Gasteiger partial charge is 0.0273 e. The van der Waals surface area contributed by atoms with Gasteiger partial charge in [-0.15, -0.1) is 0 Å². The molecular weight excluding hydrogens is 484 g/mol. The summed E-state index contributed by atoms with van der Waals surface area (Å²) in [6.07, 6.45) is 7.40. The molecule has 40 heavy (non-hydrogen) atoms. The Morgan fingerprint density at radius 2 is 0.725 bits per heavy atom. The van der Waals surface area contributed by atoms with E-state index >= 15 is 0 Å². The summed E-state index contributed by atoms with van der Waals surface area (Å²) < 4.78 is 0. The van der Waals surface area contributed by atoms with Crippen molar-refractivity contribution in [3.63, 3.8) is 0 Å². The van der Waals surface area contributed by atoms with Crippen molar-refractivity contribution in [3.8, 4) is 44.5 Å². The lowest BCUT2D eigenvalue weighted by molar-refractivity contribution is 1.33. The minimum absolute atomic E-state index is 1.18. The van der Waals surface area contributed by atoms with Gasteiger partial charge in [0.25, 0.3) is 0 Å². The Kier molecular flexibility index (Phi) is 5.94. The first-order valence-electron chi connectivity index (χ1n) is 13.7. The van der Waals surface area contributed by atoms with E-state index in [9.17, 15) is 0 Å². The highest BCUT2D eigenvalue weighted by Crippen LogP contribution is 2.45. The van der Waals surface area contributed by atoms with Crippen LogP contribution in [0.2, 0.25) is 0 Å². The summed E-state index contributed by atoms with van der Waals surface area (Å²) in [7, 11) is 0. The molecule has 2 heterocycles. The molecule has 0 aliphatic heterocycles. The minimum atomic E-state index is 1.18. The van der Waals surface area contributed by atoms with Gasteiger partial charge in [-0.2, -0.15) is 0 Å². The van der Waals surface area contributed by atoms with Crippen LogP contribution >= 0.6 is 0 Å². The standard InChI is InChI=1S/C38H28N2/c1-25-23-29(27-15-19-39-20-16-27)11-13-31(25)37-33-7-3-5-9-35(33)38(36-10-6-4-8-34(36)37)32-14-12-30(24-26(32)2)28-17-21-40-22-18-28/h3-24H,1-2H3. The summed E-state index contributed by atoms with van der Waals surface area (Å²) in [6.45, 7) is 4.44. The number of aromatic nitrogens is 2. The molecule has 5 aromatic carbocycles. The summed E-state index contributed by atoms with van der Waals surface area (Å²) >= 11 is 0. The van der Waals surface area contributed by atoms with Crippen LogP contribution in [-0.2, 0) is 0 Å². The Bertz CT molecular complexity index is 1800. The summed E-state index contributed by atoms with van der Waals surface area (Å²) in [5, 5.41) is 5.09. The second-order valence-corrected chi connectivity index (χ2v) is 10.4. The minimum Gasteiger partial charge on any atom is -0.265 e. The SMILES string of the molecule is Cc1cc(-c2ccncc2)ccc1-c1c2ccccc2c(-c2ccc(-c3ccncc3)cc2C)c2ccccc12. The maximum Gasteiger partial charge on any atom is 0.0273 e. The maximum absolute atomic E-state index is 4.18. The van der Waals surface area contributed by atoms with Crippen molar-refractivity contribution >= 4 is 21.5 Å². The van der Waals surface area contributed by atoms with Crippen LogP contribution in [0.15, 0.2) is 134 Å². The molecule has 2 aromatic heterocycles. The number of hydrogen-bond donors (Lipinski definition) is 0. The summed E-state index contributed by atoms with van der Waals surface area (Å²) in [6, 6.07) is 39.6. The monoisotopic (exact) mass is 512 g/mol. The molecule has 0 N–H and O–H groups in total. The Morgan fingerprint density at radius 1 is 0.375 bits per heavy atom. The van der Waals surface area contributed by atoms with E-state index in [1.165, 1.54) is 77.2 Å². The molecular formula is C38H28N2. The van der Waals surface area contributed by atoms with Gasteiger partial charge in [0.15, 0.2) is 0 Å². The van der Waals surface area contributed by atoms with Crippen LogP contribution in [0.3, 0.4) is 0 Å². The topological polar surface area (TPSA) is 25.8 Å². The highest BCUT2D eigenvalue weighted by Gasteiger charge is 2.19. The van der Waals surface area contributed by atoms with Crippen LogP contribution in [0.25, 0.3) is 66.1 Å². The molecule has 2 nitrogen and oxygen atoms in total. The summed E-state index contributed by atoms with van der Waals surface area (Å²) in [4.78, 5) is 8.37. The van der Waals surface area contributed by atoms with Crippen molar-refractivity contribution < 1.29 is 0 Å². The fraction of sp³-hybridized carbons (Fsp3) is 0.0526. The van der Waals surface area contributed by atoms with Crippen molar-refractivity contribution in [3.05, 3.63) is 145 Å². The lowest BCUT2D eigenvalue weighted by Gasteiger charge is -2.20. The van der Waals surface area contributed by atoms with Gasteiger partial charge in [0.2, 0.25) is 0 Å². The summed E-state index contributed by atoms with van der Waals surface area (Å²) in [5.74, 6) is 0. The van der Waals surface area contributed by atoms with E-state index in [1.807, 2.05) is 24.8 Å². The predicted octanol–water partition coefficient (Wildman–Crippen LogP) is 10.1. The lowest BCUT2D eigenvalue weighted by Crippen LogP contribution is -1.94. The van der Waals surface area contributed by atoms with Crippen LogP contribution in [0.1, 0.15) is 11.1 Å². The van der Waals surface area contributed by atoms with E-state index in [-0.39, 0.29) is 0 Å². The number of rotatable bonds is 4. The van der Waals surface area contributed by atoms with Crippen molar-refractivity contribution in [1.82, 2.24) is 9.97 Å². The van der Waals surface area contributed by atoms with Gasteiger partial charge in [0.1, 0.15) is 0 Å². The van der Waals surface area contributed by atoms with Crippen LogP contribution in [0.4, 0.5) is 0 Å². The molecule has 0 fully saturated rings. The normalized spacial score (nSPS) is 11.2. The Hall–Kier alpha value is -5.08. The Labute approximate surface area is 234 Å². The molecule has 0 radical (unpaired) electrons. The molecule has 2 heteroatoms. The number of benzene rings is 5. The van der Waals surface area contributed by atoms with Gasteiger partial charge in [-0.05, 0) is 115 Å². The molecule has 190 valence electrons. The maximum atomic E-state index is 4.18. The second kappa shape index (κ2) is 9.91. The van der Waals surface area contributed by atoms with E-state index in [0.29, 0.717) is 0 Å². The predicted molar refractivity (Wildman–Crippen MR) is 168 cm³/mol. The van der Waals surface area contributed by atoms with Gasteiger partial charge in [-0.3, -0.25) is 9.97 Å². The zero-order valence-corrected chi connectivity index (χ0v) is 22.6. The molecule has 0 bridgehead atoms. The van der Waals surface area contributed by atoms with E-state index in [2.05, 4.69) is 133 Å². The molecule has 0 aliphatic rings. The summed E-state index contributed by atoms with van der Waals surface area (Å²) in [5.41, 5.74) is 12.4. The molecule has 7 rings (SSSR count). The van der Waals surface area contributed by atoms with Crippen molar-refractivity contribution in [2.75, 3.05) is 0 Å². The van der Waals surface area contributed by atoms with Gasteiger partial charge < -0.3 is 0 Å². The van der Waals surface area contributed by atoms with E-state index in [4.69, 9.17) is 0 Å². The zero-order chi connectivity index (χ0) is 27.1. The molecule has 0 spiro atoms.